The predicted molar refractivity (Wildman–Crippen MR) is 89.4 cm³/mol. The van der Waals surface area contributed by atoms with Crippen molar-refractivity contribution in [1.82, 2.24) is 9.13 Å². The van der Waals surface area contributed by atoms with Crippen molar-refractivity contribution in [2.75, 3.05) is 7.11 Å². The van der Waals surface area contributed by atoms with Crippen molar-refractivity contribution in [1.29, 1.82) is 0 Å². The smallest absolute Gasteiger partial charge is 0.320 e. The molecular weight excluding hydrogens is 311 g/mol. The van der Waals surface area contributed by atoms with Gasteiger partial charge in [0.2, 0.25) is 0 Å². The maximum atomic E-state index is 13.8. The minimum Gasteiger partial charge on any atom is -0.494 e. The quantitative estimate of drug-likeness (QED) is 0.809. The Morgan fingerprint density at radius 2 is 1.88 bits per heavy atom. The van der Waals surface area contributed by atoms with Crippen LogP contribution in [0.2, 0.25) is 0 Å². The fourth-order valence-electron chi connectivity index (χ4n) is 3.31. The molecule has 1 aromatic carbocycles. The average Bonchev–Trinajstić information content (AvgIpc) is 2.60. The topological polar surface area (TPSA) is 53.2 Å². The summed E-state index contributed by atoms with van der Waals surface area (Å²) >= 11 is 0. The van der Waals surface area contributed by atoms with E-state index < -0.39 is 16.9 Å². The zero-order valence-electron chi connectivity index (χ0n) is 13.7. The molecule has 0 bridgehead atoms. The van der Waals surface area contributed by atoms with Crippen molar-refractivity contribution in [3.05, 3.63) is 57.1 Å². The van der Waals surface area contributed by atoms with Gasteiger partial charge in [0.25, 0.3) is 0 Å². The molecule has 1 fully saturated rings. The van der Waals surface area contributed by atoms with E-state index in [-0.39, 0.29) is 5.75 Å². The molecule has 1 heterocycles. The summed E-state index contributed by atoms with van der Waals surface area (Å²) in [5, 5.41) is 0. The van der Waals surface area contributed by atoms with Crippen LogP contribution in [0.1, 0.15) is 32.1 Å². The number of methoxy groups -OCH3 is 1. The molecule has 1 saturated carbocycles. The monoisotopic (exact) mass is 332 g/mol. The van der Waals surface area contributed by atoms with Gasteiger partial charge in [0, 0.05) is 25.0 Å². The van der Waals surface area contributed by atoms with Crippen LogP contribution in [-0.2, 0) is 6.54 Å². The number of halogens is 1. The van der Waals surface area contributed by atoms with Crippen molar-refractivity contribution in [3.8, 4) is 11.4 Å². The summed E-state index contributed by atoms with van der Waals surface area (Å²) in [7, 11) is 1.37. The van der Waals surface area contributed by atoms with E-state index in [0.717, 1.165) is 12.8 Å². The van der Waals surface area contributed by atoms with E-state index in [2.05, 4.69) is 0 Å². The first-order valence-corrected chi connectivity index (χ1v) is 8.26. The first-order valence-electron chi connectivity index (χ1n) is 8.26. The summed E-state index contributed by atoms with van der Waals surface area (Å²) < 4.78 is 21.3. The fourth-order valence-corrected chi connectivity index (χ4v) is 3.31. The number of aromatic nitrogens is 2. The third kappa shape index (κ3) is 3.27. The highest BCUT2D eigenvalue weighted by Gasteiger charge is 2.16. The molecule has 0 unspecified atom stereocenters. The van der Waals surface area contributed by atoms with E-state index in [9.17, 15) is 14.0 Å². The Kier molecular flexibility index (Phi) is 4.83. The maximum absolute atomic E-state index is 13.8. The van der Waals surface area contributed by atoms with Gasteiger partial charge in [0.1, 0.15) is 0 Å². The van der Waals surface area contributed by atoms with Gasteiger partial charge in [-0.25, -0.2) is 4.39 Å². The summed E-state index contributed by atoms with van der Waals surface area (Å²) in [4.78, 5) is 24.7. The lowest BCUT2D eigenvalue weighted by Gasteiger charge is -2.22. The highest BCUT2D eigenvalue weighted by atomic mass is 19.1. The third-order valence-electron chi connectivity index (χ3n) is 4.65. The average molecular weight is 332 g/mol. The van der Waals surface area contributed by atoms with Crippen LogP contribution in [0.25, 0.3) is 5.69 Å². The molecule has 0 aliphatic heterocycles. The van der Waals surface area contributed by atoms with E-state index in [1.54, 1.807) is 12.3 Å². The van der Waals surface area contributed by atoms with Crippen molar-refractivity contribution in [2.45, 2.75) is 38.6 Å². The Bertz CT molecular complexity index is 835. The molecule has 5 nitrogen and oxygen atoms in total. The Morgan fingerprint density at radius 3 is 2.54 bits per heavy atom. The van der Waals surface area contributed by atoms with Crippen LogP contribution >= 0.6 is 0 Å². The van der Waals surface area contributed by atoms with Crippen LogP contribution in [0.5, 0.6) is 5.75 Å². The van der Waals surface area contributed by atoms with Crippen LogP contribution in [0, 0.1) is 11.7 Å². The Morgan fingerprint density at radius 1 is 1.12 bits per heavy atom. The Hall–Kier alpha value is -2.37. The van der Waals surface area contributed by atoms with Crippen molar-refractivity contribution < 1.29 is 9.13 Å². The maximum Gasteiger partial charge on any atom is 0.320 e. The van der Waals surface area contributed by atoms with Crippen molar-refractivity contribution in [3.63, 3.8) is 0 Å². The van der Waals surface area contributed by atoms with E-state index in [1.165, 1.54) is 53.8 Å². The molecule has 1 aliphatic carbocycles. The van der Waals surface area contributed by atoms with Crippen molar-refractivity contribution >= 4 is 0 Å². The Labute approximate surface area is 139 Å². The number of ether oxygens (including phenoxy) is 1. The van der Waals surface area contributed by atoms with Gasteiger partial charge >= 0.3 is 11.1 Å². The molecule has 0 amide bonds. The second-order valence-corrected chi connectivity index (χ2v) is 6.25. The first-order chi connectivity index (χ1) is 11.6. The van der Waals surface area contributed by atoms with Crippen LogP contribution in [0.15, 0.2) is 40.2 Å². The van der Waals surface area contributed by atoms with Crippen LogP contribution < -0.4 is 15.9 Å². The second-order valence-electron chi connectivity index (χ2n) is 6.25. The SMILES string of the molecule is COc1ccc(-n2ccn(CC3CCCCC3)c(=O)c2=O)cc1F. The molecule has 0 saturated heterocycles. The zero-order chi connectivity index (χ0) is 17.1. The lowest BCUT2D eigenvalue weighted by Crippen LogP contribution is -2.41. The van der Waals surface area contributed by atoms with Crippen LogP contribution in [-0.4, -0.2) is 16.2 Å². The molecule has 3 rings (SSSR count). The molecule has 0 atom stereocenters. The van der Waals surface area contributed by atoms with Gasteiger partial charge in [-0.1, -0.05) is 19.3 Å². The predicted octanol–water partition coefficient (Wildman–Crippen LogP) is 2.73. The summed E-state index contributed by atoms with van der Waals surface area (Å²) in [6.45, 7) is 0.575. The molecule has 0 N–H and O–H groups in total. The molecule has 2 aromatic rings. The number of hydrogen-bond acceptors (Lipinski definition) is 3. The summed E-state index contributed by atoms with van der Waals surface area (Å²) in [6.07, 6.45) is 8.94. The molecule has 0 spiro atoms. The van der Waals surface area contributed by atoms with E-state index in [0.29, 0.717) is 18.2 Å². The first kappa shape index (κ1) is 16.5. The highest BCUT2D eigenvalue weighted by molar-refractivity contribution is 5.38. The summed E-state index contributed by atoms with van der Waals surface area (Å²) in [5.41, 5.74) is -0.933. The largest absolute Gasteiger partial charge is 0.494 e. The number of hydrogen-bond donors (Lipinski definition) is 0. The molecule has 0 radical (unpaired) electrons. The zero-order valence-corrected chi connectivity index (χ0v) is 13.7. The third-order valence-corrected chi connectivity index (χ3v) is 4.65. The lowest BCUT2D eigenvalue weighted by molar-refractivity contribution is 0.315. The van der Waals surface area contributed by atoms with E-state index in [1.807, 2.05) is 0 Å². The van der Waals surface area contributed by atoms with Gasteiger partial charge in [0.15, 0.2) is 11.6 Å². The standard InChI is InChI=1S/C18H21FN2O3/c1-24-16-8-7-14(11-15(16)19)21-10-9-20(17(22)18(21)23)12-13-5-3-2-4-6-13/h7-11,13H,2-6,12H2,1H3. The second kappa shape index (κ2) is 7.03. The summed E-state index contributed by atoms with van der Waals surface area (Å²) in [6, 6.07) is 4.17. The number of benzene rings is 1. The number of nitrogens with zero attached hydrogens (tertiary/aromatic N) is 2. The molecule has 6 heteroatoms. The molecular formula is C18H21FN2O3. The van der Waals surface area contributed by atoms with Gasteiger partial charge in [0.05, 0.1) is 12.8 Å². The minimum atomic E-state index is -0.669. The van der Waals surface area contributed by atoms with Gasteiger partial charge in [-0.05, 0) is 30.9 Å². The van der Waals surface area contributed by atoms with Gasteiger partial charge < -0.3 is 9.30 Å². The van der Waals surface area contributed by atoms with Gasteiger partial charge in [-0.3, -0.25) is 14.2 Å². The van der Waals surface area contributed by atoms with Crippen molar-refractivity contribution in [2.24, 2.45) is 5.92 Å². The summed E-state index contributed by atoms with van der Waals surface area (Å²) in [5.74, 6) is -0.0316. The van der Waals surface area contributed by atoms with E-state index >= 15 is 0 Å². The fraction of sp³-hybridized carbons (Fsp3) is 0.444. The molecule has 1 aliphatic rings. The highest BCUT2D eigenvalue weighted by Crippen LogP contribution is 2.24. The van der Waals surface area contributed by atoms with Crippen LogP contribution in [0.4, 0.5) is 4.39 Å². The Balaban J connectivity index is 1.91. The van der Waals surface area contributed by atoms with Gasteiger partial charge in [-0.15, -0.1) is 0 Å². The van der Waals surface area contributed by atoms with Gasteiger partial charge in [-0.2, -0.15) is 0 Å². The lowest BCUT2D eigenvalue weighted by atomic mass is 9.89. The van der Waals surface area contributed by atoms with Crippen LogP contribution in [0.3, 0.4) is 0 Å². The molecule has 1 aromatic heterocycles. The molecule has 24 heavy (non-hydrogen) atoms. The van der Waals surface area contributed by atoms with E-state index in [4.69, 9.17) is 4.74 Å². The minimum absolute atomic E-state index is 0.0949. The number of rotatable bonds is 4. The normalized spacial score (nSPS) is 15.4. The molecule has 128 valence electrons.